The molecule has 108 valence electrons. The van der Waals surface area contributed by atoms with E-state index in [2.05, 4.69) is 10.1 Å². The summed E-state index contributed by atoms with van der Waals surface area (Å²) in [5.74, 6) is -0.901. The van der Waals surface area contributed by atoms with E-state index < -0.39 is 24.1 Å². The molecule has 0 aliphatic carbocycles. The minimum atomic E-state index is -1.10. The highest BCUT2D eigenvalue weighted by atomic mass is 16.5. The smallest absolute Gasteiger partial charge is 0.324 e. The zero-order valence-corrected chi connectivity index (χ0v) is 11.2. The van der Waals surface area contributed by atoms with Gasteiger partial charge in [-0.15, -0.1) is 0 Å². The van der Waals surface area contributed by atoms with Crippen LogP contribution >= 0.6 is 0 Å². The highest BCUT2D eigenvalue weighted by Crippen LogP contribution is 2.12. The maximum Gasteiger partial charge on any atom is 0.324 e. The number of esters is 1. The summed E-state index contributed by atoms with van der Waals surface area (Å²) in [6.07, 6.45) is 0.00279. The van der Waals surface area contributed by atoms with E-state index in [0.717, 1.165) is 11.3 Å². The number of urea groups is 1. The van der Waals surface area contributed by atoms with E-state index in [1.54, 1.807) is 6.92 Å². The number of hydrogen-bond acceptors (Lipinski definition) is 5. The standard InChI is InChI=1S/C12H20N2O5/c1-3-5-9-11(17)14(12(18)13-9)7-8(15)6-10(16)19-4-2/h8-9,15H,3-7H2,1-2H3,(H,13,18). The van der Waals surface area contributed by atoms with E-state index in [-0.39, 0.29) is 25.5 Å². The molecule has 0 aromatic carbocycles. The van der Waals surface area contributed by atoms with Crippen molar-refractivity contribution in [1.29, 1.82) is 0 Å². The molecule has 3 amide bonds. The Morgan fingerprint density at radius 2 is 2.16 bits per heavy atom. The molecule has 1 fully saturated rings. The van der Waals surface area contributed by atoms with Gasteiger partial charge in [-0.05, 0) is 13.3 Å². The van der Waals surface area contributed by atoms with Crippen molar-refractivity contribution in [3.8, 4) is 0 Å². The Kier molecular flexibility index (Phi) is 5.75. The Balaban J connectivity index is 2.49. The summed E-state index contributed by atoms with van der Waals surface area (Å²) >= 11 is 0. The first-order valence-corrected chi connectivity index (χ1v) is 6.45. The van der Waals surface area contributed by atoms with Crippen LogP contribution in [0.4, 0.5) is 4.79 Å². The molecule has 1 rings (SSSR count). The molecule has 1 heterocycles. The van der Waals surface area contributed by atoms with Crippen LogP contribution in [0.2, 0.25) is 0 Å². The van der Waals surface area contributed by atoms with Crippen LogP contribution in [0.15, 0.2) is 0 Å². The number of β-amino-alcohol motifs (C(OH)–C–C–N with tert-alkyl or cyclic N) is 1. The Bertz CT molecular complexity index is 358. The molecule has 0 saturated carbocycles. The van der Waals surface area contributed by atoms with Crippen LogP contribution in [0.3, 0.4) is 0 Å². The lowest BCUT2D eigenvalue weighted by Gasteiger charge is -2.17. The number of nitrogens with zero attached hydrogens (tertiary/aromatic N) is 1. The number of rotatable bonds is 7. The fourth-order valence-corrected chi connectivity index (χ4v) is 1.92. The van der Waals surface area contributed by atoms with E-state index >= 15 is 0 Å². The molecule has 1 saturated heterocycles. The second kappa shape index (κ2) is 7.08. The second-order valence-electron chi connectivity index (χ2n) is 4.40. The van der Waals surface area contributed by atoms with Crippen molar-refractivity contribution in [1.82, 2.24) is 10.2 Å². The monoisotopic (exact) mass is 272 g/mol. The minimum absolute atomic E-state index is 0.191. The van der Waals surface area contributed by atoms with Gasteiger partial charge in [0.2, 0.25) is 0 Å². The first kappa shape index (κ1) is 15.4. The Labute approximate surface area is 111 Å². The van der Waals surface area contributed by atoms with E-state index in [1.807, 2.05) is 6.92 Å². The summed E-state index contributed by atoms with van der Waals surface area (Å²) in [4.78, 5) is 35.6. The fraction of sp³-hybridized carbons (Fsp3) is 0.750. The Morgan fingerprint density at radius 1 is 1.47 bits per heavy atom. The van der Waals surface area contributed by atoms with Gasteiger partial charge >= 0.3 is 12.0 Å². The lowest BCUT2D eigenvalue weighted by Crippen LogP contribution is -2.39. The third kappa shape index (κ3) is 4.20. The molecule has 1 aliphatic heterocycles. The third-order valence-corrected chi connectivity index (χ3v) is 2.79. The number of hydrogen-bond donors (Lipinski definition) is 2. The van der Waals surface area contributed by atoms with Crippen molar-refractivity contribution in [3.63, 3.8) is 0 Å². The highest BCUT2D eigenvalue weighted by Gasteiger charge is 2.38. The zero-order chi connectivity index (χ0) is 14.4. The van der Waals surface area contributed by atoms with Crippen LogP contribution < -0.4 is 5.32 Å². The van der Waals surface area contributed by atoms with Crippen LogP contribution in [0.5, 0.6) is 0 Å². The summed E-state index contributed by atoms with van der Waals surface area (Å²) < 4.78 is 4.69. The lowest BCUT2D eigenvalue weighted by molar-refractivity contribution is -0.146. The molecule has 1 aliphatic rings. The van der Waals surface area contributed by atoms with Gasteiger partial charge in [-0.3, -0.25) is 14.5 Å². The van der Waals surface area contributed by atoms with Crippen LogP contribution in [-0.2, 0) is 14.3 Å². The topological polar surface area (TPSA) is 95.9 Å². The van der Waals surface area contributed by atoms with E-state index in [4.69, 9.17) is 0 Å². The van der Waals surface area contributed by atoms with Gasteiger partial charge in [-0.1, -0.05) is 13.3 Å². The highest BCUT2D eigenvalue weighted by molar-refractivity contribution is 6.04. The van der Waals surface area contributed by atoms with Gasteiger partial charge in [0, 0.05) is 0 Å². The lowest BCUT2D eigenvalue weighted by atomic mass is 10.1. The predicted molar refractivity (Wildman–Crippen MR) is 66.2 cm³/mol. The molecule has 7 nitrogen and oxygen atoms in total. The van der Waals surface area contributed by atoms with Crippen molar-refractivity contribution in [2.45, 2.75) is 45.3 Å². The summed E-state index contributed by atoms with van der Waals surface area (Å²) in [5, 5.41) is 12.2. The molecule has 0 spiro atoms. The molecule has 0 aromatic heterocycles. The zero-order valence-electron chi connectivity index (χ0n) is 11.2. The molecular weight excluding hydrogens is 252 g/mol. The quantitative estimate of drug-likeness (QED) is 0.503. The first-order chi connectivity index (χ1) is 8.99. The normalized spacial score (nSPS) is 20.4. The average molecular weight is 272 g/mol. The van der Waals surface area contributed by atoms with Crippen LogP contribution in [0.1, 0.15) is 33.1 Å². The molecule has 2 N–H and O–H groups in total. The van der Waals surface area contributed by atoms with Crippen molar-refractivity contribution in [2.75, 3.05) is 13.2 Å². The maximum atomic E-state index is 11.9. The van der Waals surface area contributed by atoms with E-state index in [0.29, 0.717) is 6.42 Å². The molecule has 0 aromatic rings. The Morgan fingerprint density at radius 3 is 2.74 bits per heavy atom. The number of amides is 3. The maximum absolute atomic E-state index is 11.9. The van der Waals surface area contributed by atoms with Crippen molar-refractivity contribution >= 4 is 17.9 Å². The molecule has 19 heavy (non-hydrogen) atoms. The number of imide groups is 1. The second-order valence-corrected chi connectivity index (χ2v) is 4.40. The fourth-order valence-electron chi connectivity index (χ4n) is 1.92. The summed E-state index contributed by atoms with van der Waals surface area (Å²) in [6, 6.07) is -1.04. The number of carbonyl (C=O) groups excluding carboxylic acids is 3. The largest absolute Gasteiger partial charge is 0.466 e. The molecule has 0 radical (unpaired) electrons. The number of aliphatic hydroxyl groups is 1. The third-order valence-electron chi connectivity index (χ3n) is 2.79. The van der Waals surface area contributed by atoms with Gasteiger partial charge in [0.05, 0.1) is 25.7 Å². The van der Waals surface area contributed by atoms with Gasteiger partial charge in [0.25, 0.3) is 5.91 Å². The van der Waals surface area contributed by atoms with Gasteiger partial charge in [-0.25, -0.2) is 4.79 Å². The molecular formula is C12H20N2O5. The minimum Gasteiger partial charge on any atom is -0.466 e. The number of carbonyl (C=O) groups is 3. The van der Waals surface area contributed by atoms with Gasteiger partial charge in [0.15, 0.2) is 0 Å². The van der Waals surface area contributed by atoms with E-state index in [1.165, 1.54) is 0 Å². The van der Waals surface area contributed by atoms with Crippen LogP contribution in [-0.4, -0.2) is 53.2 Å². The van der Waals surface area contributed by atoms with Crippen molar-refractivity contribution in [3.05, 3.63) is 0 Å². The number of aliphatic hydroxyl groups excluding tert-OH is 1. The van der Waals surface area contributed by atoms with Crippen LogP contribution in [0.25, 0.3) is 0 Å². The molecule has 7 heteroatoms. The van der Waals surface area contributed by atoms with Crippen molar-refractivity contribution in [2.24, 2.45) is 0 Å². The first-order valence-electron chi connectivity index (χ1n) is 6.45. The number of nitrogens with one attached hydrogen (secondary N) is 1. The summed E-state index contributed by atoms with van der Waals surface area (Å²) in [7, 11) is 0. The molecule has 2 atom stereocenters. The summed E-state index contributed by atoms with van der Waals surface area (Å²) in [6.45, 7) is 3.62. The summed E-state index contributed by atoms with van der Waals surface area (Å²) in [5.41, 5.74) is 0. The van der Waals surface area contributed by atoms with Gasteiger partial charge in [-0.2, -0.15) is 0 Å². The van der Waals surface area contributed by atoms with Crippen LogP contribution in [0, 0.1) is 0 Å². The predicted octanol–water partition coefficient (Wildman–Crippen LogP) is 0.0210. The Hall–Kier alpha value is -1.63. The SMILES string of the molecule is CCCC1NC(=O)N(CC(O)CC(=O)OCC)C1=O. The van der Waals surface area contributed by atoms with Crippen molar-refractivity contribution < 1.29 is 24.2 Å². The number of ether oxygens (including phenoxy) is 1. The average Bonchev–Trinajstić information content (AvgIpc) is 2.58. The van der Waals surface area contributed by atoms with Gasteiger partial charge in [0.1, 0.15) is 6.04 Å². The van der Waals surface area contributed by atoms with E-state index in [9.17, 15) is 19.5 Å². The molecule has 0 bridgehead atoms. The molecule has 2 unspecified atom stereocenters. The van der Waals surface area contributed by atoms with Gasteiger partial charge < -0.3 is 15.2 Å².